The van der Waals surface area contributed by atoms with Gasteiger partial charge in [-0.2, -0.15) is 5.10 Å². The van der Waals surface area contributed by atoms with Gasteiger partial charge in [0, 0.05) is 38.1 Å². The molecule has 31 heavy (non-hydrogen) atoms. The van der Waals surface area contributed by atoms with Crippen molar-refractivity contribution < 1.29 is 14.3 Å². The molecule has 0 atom stereocenters. The second kappa shape index (κ2) is 10.6. The first kappa shape index (κ1) is 23.0. The molecule has 0 radical (unpaired) electrons. The number of hydrogen-bond acceptors (Lipinski definition) is 8. The summed E-state index contributed by atoms with van der Waals surface area (Å²) in [6, 6.07) is 7.81. The van der Waals surface area contributed by atoms with Gasteiger partial charge < -0.3 is 14.4 Å². The van der Waals surface area contributed by atoms with Crippen LogP contribution in [0.5, 0.6) is 5.75 Å². The average molecular weight is 446 g/mol. The zero-order valence-corrected chi connectivity index (χ0v) is 19.4. The fourth-order valence-corrected chi connectivity index (χ4v) is 3.63. The first-order valence-corrected chi connectivity index (χ1v) is 11.3. The smallest absolute Gasteiger partial charge is 0.410 e. The van der Waals surface area contributed by atoms with E-state index in [0.717, 1.165) is 41.8 Å². The first-order valence-electron chi connectivity index (χ1n) is 10.4. The number of thiazole rings is 1. The van der Waals surface area contributed by atoms with E-state index in [1.54, 1.807) is 11.1 Å². The van der Waals surface area contributed by atoms with Gasteiger partial charge >= 0.3 is 6.09 Å². The molecule has 1 aliphatic rings. The van der Waals surface area contributed by atoms with Crippen LogP contribution in [0.25, 0.3) is 0 Å². The normalized spacial score (nSPS) is 15.3. The number of aryl methyl sites for hydroxylation is 1. The fraction of sp³-hybridized carbons (Fsp3) is 0.500. The number of carbonyl (C=O) groups excluding carboxylic acids is 1. The summed E-state index contributed by atoms with van der Waals surface area (Å²) in [5.41, 5.74) is 4.43. The van der Waals surface area contributed by atoms with E-state index in [1.165, 1.54) is 11.3 Å². The molecular weight excluding hydrogens is 414 g/mol. The molecule has 1 saturated heterocycles. The average Bonchev–Trinajstić information content (AvgIpc) is 3.13. The summed E-state index contributed by atoms with van der Waals surface area (Å²) in [5, 5.41) is 6.96. The van der Waals surface area contributed by atoms with E-state index in [9.17, 15) is 4.79 Å². The molecule has 3 rings (SSSR count). The van der Waals surface area contributed by atoms with Gasteiger partial charge in [-0.05, 0) is 57.5 Å². The topological polar surface area (TPSA) is 79.3 Å². The Hall–Kier alpha value is -2.65. The van der Waals surface area contributed by atoms with Crippen LogP contribution in [0.1, 0.15) is 32.0 Å². The number of rotatable bonds is 7. The van der Waals surface area contributed by atoms with Crippen molar-refractivity contribution in [1.29, 1.82) is 0 Å². The lowest BCUT2D eigenvalue weighted by atomic mass is 10.2. The van der Waals surface area contributed by atoms with E-state index in [2.05, 4.69) is 20.4 Å². The summed E-state index contributed by atoms with van der Waals surface area (Å²) >= 11 is 1.53. The lowest BCUT2D eigenvalue weighted by Crippen LogP contribution is -2.50. The largest absolute Gasteiger partial charge is 0.492 e. The quantitative estimate of drug-likeness (QED) is 0.515. The van der Waals surface area contributed by atoms with Crippen molar-refractivity contribution in [2.75, 3.05) is 44.8 Å². The molecular formula is C22H31N5O3S. The second-order valence-electron chi connectivity index (χ2n) is 8.39. The van der Waals surface area contributed by atoms with Crippen LogP contribution < -0.4 is 10.2 Å². The Kier molecular flexibility index (Phi) is 7.86. The monoisotopic (exact) mass is 445 g/mol. The number of nitrogens with zero attached hydrogens (tertiary/aromatic N) is 4. The molecule has 1 N–H and O–H groups in total. The van der Waals surface area contributed by atoms with Crippen molar-refractivity contribution in [3.8, 4) is 5.75 Å². The van der Waals surface area contributed by atoms with Gasteiger partial charge in [0.15, 0.2) is 0 Å². The molecule has 2 heterocycles. The van der Waals surface area contributed by atoms with Gasteiger partial charge in [0.25, 0.3) is 0 Å². The number of benzene rings is 1. The van der Waals surface area contributed by atoms with Crippen LogP contribution in [0.15, 0.2) is 34.7 Å². The SMILES string of the molecule is Cc1csc(NN=Cc2ccc(OCCN3CCN(C(=O)OC(C)(C)C)CC3)cc2)n1. The van der Waals surface area contributed by atoms with Crippen molar-refractivity contribution in [2.24, 2.45) is 5.10 Å². The minimum atomic E-state index is -0.458. The van der Waals surface area contributed by atoms with Gasteiger partial charge in [-0.1, -0.05) is 0 Å². The Morgan fingerprint density at radius 3 is 2.55 bits per heavy atom. The molecule has 1 aromatic heterocycles. The molecule has 0 saturated carbocycles. The predicted octanol–water partition coefficient (Wildman–Crippen LogP) is 3.83. The molecule has 0 spiro atoms. The van der Waals surface area contributed by atoms with Crippen molar-refractivity contribution in [3.05, 3.63) is 40.9 Å². The summed E-state index contributed by atoms with van der Waals surface area (Å²) in [5.74, 6) is 0.827. The molecule has 9 heteroatoms. The number of carbonyl (C=O) groups is 1. The Labute approximate surface area is 187 Å². The van der Waals surface area contributed by atoms with Crippen molar-refractivity contribution >= 4 is 28.8 Å². The Balaban J connectivity index is 1.34. The van der Waals surface area contributed by atoms with Crippen LogP contribution in [-0.2, 0) is 4.74 Å². The number of anilines is 1. The second-order valence-corrected chi connectivity index (χ2v) is 9.25. The van der Waals surface area contributed by atoms with Crippen LogP contribution in [-0.4, -0.2) is 72.0 Å². The van der Waals surface area contributed by atoms with E-state index in [4.69, 9.17) is 9.47 Å². The van der Waals surface area contributed by atoms with Crippen LogP contribution >= 0.6 is 11.3 Å². The summed E-state index contributed by atoms with van der Waals surface area (Å²) in [7, 11) is 0. The minimum Gasteiger partial charge on any atom is -0.492 e. The number of hydrogen-bond donors (Lipinski definition) is 1. The molecule has 0 unspecified atom stereocenters. The van der Waals surface area contributed by atoms with E-state index < -0.39 is 5.60 Å². The lowest BCUT2D eigenvalue weighted by molar-refractivity contribution is 0.0137. The van der Waals surface area contributed by atoms with Crippen LogP contribution in [0.4, 0.5) is 9.93 Å². The van der Waals surface area contributed by atoms with Gasteiger partial charge in [0.2, 0.25) is 5.13 Å². The van der Waals surface area contributed by atoms with E-state index in [1.807, 2.05) is 57.3 Å². The molecule has 168 valence electrons. The summed E-state index contributed by atoms with van der Waals surface area (Å²) in [6.07, 6.45) is 1.52. The van der Waals surface area contributed by atoms with Crippen molar-refractivity contribution in [1.82, 2.24) is 14.8 Å². The molecule has 8 nitrogen and oxygen atoms in total. The highest BCUT2D eigenvalue weighted by molar-refractivity contribution is 7.13. The maximum absolute atomic E-state index is 12.1. The lowest BCUT2D eigenvalue weighted by Gasteiger charge is -2.35. The molecule has 0 bridgehead atoms. The van der Waals surface area contributed by atoms with E-state index >= 15 is 0 Å². The predicted molar refractivity (Wildman–Crippen MR) is 124 cm³/mol. The Bertz CT molecular complexity index is 868. The Morgan fingerprint density at radius 2 is 1.94 bits per heavy atom. The summed E-state index contributed by atoms with van der Waals surface area (Å²) < 4.78 is 11.3. The number of hydrazone groups is 1. The third-order valence-corrected chi connectivity index (χ3v) is 5.44. The van der Waals surface area contributed by atoms with Crippen LogP contribution in [0.2, 0.25) is 0 Å². The molecule has 0 aliphatic carbocycles. The molecule has 1 fully saturated rings. The third kappa shape index (κ3) is 7.84. The number of aromatic nitrogens is 1. The highest BCUT2D eigenvalue weighted by atomic mass is 32.1. The minimum absolute atomic E-state index is 0.232. The number of piperazine rings is 1. The molecule has 1 aliphatic heterocycles. The van der Waals surface area contributed by atoms with Gasteiger partial charge in [0.1, 0.15) is 18.0 Å². The van der Waals surface area contributed by atoms with Crippen molar-refractivity contribution in [3.63, 3.8) is 0 Å². The highest BCUT2D eigenvalue weighted by Gasteiger charge is 2.25. The zero-order chi connectivity index (χ0) is 22.3. The highest BCUT2D eigenvalue weighted by Crippen LogP contribution is 2.15. The fourth-order valence-electron chi connectivity index (χ4n) is 2.99. The van der Waals surface area contributed by atoms with Crippen molar-refractivity contribution in [2.45, 2.75) is 33.3 Å². The maximum Gasteiger partial charge on any atom is 0.410 e. The maximum atomic E-state index is 12.1. The molecule has 1 amide bonds. The Morgan fingerprint density at radius 1 is 1.23 bits per heavy atom. The summed E-state index contributed by atoms with van der Waals surface area (Å²) in [4.78, 5) is 20.5. The van der Waals surface area contributed by atoms with Gasteiger partial charge in [-0.15, -0.1) is 11.3 Å². The molecule has 2 aromatic rings. The summed E-state index contributed by atoms with van der Waals surface area (Å²) in [6.45, 7) is 12.0. The van der Waals surface area contributed by atoms with Gasteiger partial charge in [-0.3, -0.25) is 10.3 Å². The van der Waals surface area contributed by atoms with E-state index in [-0.39, 0.29) is 6.09 Å². The van der Waals surface area contributed by atoms with Crippen LogP contribution in [0, 0.1) is 6.92 Å². The van der Waals surface area contributed by atoms with Gasteiger partial charge in [-0.25, -0.2) is 9.78 Å². The number of nitrogens with one attached hydrogen (secondary N) is 1. The number of ether oxygens (including phenoxy) is 2. The zero-order valence-electron chi connectivity index (χ0n) is 18.6. The number of amides is 1. The van der Waals surface area contributed by atoms with Crippen LogP contribution in [0.3, 0.4) is 0 Å². The third-order valence-electron chi connectivity index (χ3n) is 4.57. The first-order chi connectivity index (χ1) is 14.8. The standard InChI is InChI=1S/C22H31N5O3S/c1-17-16-31-20(24-17)25-23-15-18-5-7-19(8-6-18)29-14-13-26-9-11-27(12-10-26)21(28)30-22(2,3)4/h5-8,15-16H,9-14H2,1-4H3,(H,24,25). The van der Waals surface area contributed by atoms with E-state index in [0.29, 0.717) is 19.7 Å². The van der Waals surface area contributed by atoms with Gasteiger partial charge in [0.05, 0.1) is 11.9 Å². The molecule has 1 aromatic carbocycles.